The van der Waals surface area contributed by atoms with Crippen molar-refractivity contribution in [3.63, 3.8) is 0 Å². The summed E-state index contributed by atoms with van der Waals surface area (Å²) in [4.78, 5) is 12.0. The van der Waals surface area contributed by atoms with Crippen molar-refractivity contribution in [2.75, 3.05) is 5.32 Å². The van der Waals surface area contributed by atoms with Gasteiger partial charge in [-0.15, -0.1) is 0 Å². The van der Waals surface area contributed by atoms with Gasteiger partial charge in [-0.05, 0) is 19.9 Å². The highest BCUT2D eigenvalue weighted by atomic mass is 35.5. The average Bonchev–Trinajstić information content (AvgIpc) is 2.86. The predicted octanol–water partition coefficient (Wildman–Crippen LogP) is 2.70. The lowest BCUT2D eigenvalue weighted by Crippen LogP contribution is -2.17. The van der Waals surface area contributed by atoms with Crippen molar-refractivity contribution in [1.29, 1.82) is 0 Å². The first-order valence-corrected chi connectivity index (χ1v) is 5.64. The van der Waals surface area contributed by atoms with Crippen LogP contribution < -0.4 is 5.32 Å². The van der Waals surface area contributed by atoms with E-state index < -0.39 is 0 Å². The summed E-state index contributed by atoms with van der Waals surface area (Å²) in [5.74, 6) is 0.345. The van der Waals surface area contributed by atoms with E-state index in [1.807, 2.05) is 18.4 Å². The number of aromatic amines is 1. The van der Waals surface area contributed by atoms with Crippen molar-refractivity contribution in [3.05, 3.63) is 35.2 Å². The lowest BCUT2D eigenvalue weighted by Gasteiger charge is -2.11. The summed E-state index contributed by atoms with van der Waals surface area (Å²) in [6.45, 7) is 3.98. The first-order chi connectivity index (χ1) is 8.08. The maximum absolute atomic E-state index is 12.0. The quantitative estimate of drug-likeness (QED) is 0.882. The number of nitrogens with one attached hydrogen (secondary N) is 2. The number of anilines is 1. The first-order valence-electron chi connectivity index (χ1n) is 5.26. The minimum Gasteiger partial charge on any atom is -0.339 e. The van der Waals surface area contributed by atoms with Gasteiger partial charge in [-0.2, -0.15) is 5.10 Å². The second kappa shape index (κ2) is 4.63. The summed E-state index contributed by atoms with van der Waals surface area (Å²) >= 11 is 5.91. The molecule has 17 heavy (non-hydrogen) atoms. The van der Waals surface area contributed by atoms with E-state index in [0.29, 0.717) is 16.5 Å². The molecule has 0 aliphatic heterocycles. The highest BCUT2D eigenvalue weighted by Gasteiger charge is 2.15. The molecular formula is C11H13ClN4O. The molecule has 0 atom stereocenters. The van der Waals surface area contributed by atoms with Crippen LogP contribution in [0, 0.1) is 0 Å². The smallest absolute Gasteiger partial charge is 0.273 e. The van der Waals surface area contributed by atoms with Gasteiger partial charge in [0.1, 0.15) is 11.5 Å². The number of hydrogen-bond donors (Lipinski definition) is 2. The van der Waals surface area contributed by atoms with E-state index in [4.69, 9.17) is 11.6 Å². The van der Waals surface area contributed by atoms with Crippen LogP contribution in [0.1, 0.15) is 30.4 Å². The van der Waals surface area contributed by atoms with E-state index in [-0.39, 0.29) is 11.9 Å². The molecule has 6 heteroatoms. The Balaban J connectivity index is 2.24. The molecule has 2 aromatic heterocycles. The van der Waals surface area contributed by atoms with Crippen molar-refractivity contribution in [3.8, 4) is 0 Å². The van der Waals surface area contributed by atoms with Gasteiger partial charge >= 0.3 is 0 Å². The number of halogens is 1. The third kappa shape index (κ3) is 2.50. The Labute approximate surface area is 104 Å². The monoisotopic (exact) mass is 252 g/mol. The summed E-state index contributed by atoms with van der Waals surface area (Å²) in [5, 5.41) is 9.69. The predicted molar refractivity (Wildman–Crippen MR) is 66.4 cm³/mol. The molecule has 0 spiro atoms. The van der Waals surface area contributed by atoms with Gasteiger partial charge in [0.15, 0.2) is 0 Å². The minimum atomic E-state index is -0.213. The Kier molecular flexibility index (Phi) is 3.19. The van der Waals surface area contributed by atoms with Crippen LogP contribution in [0.4, 0.5) is 5.82 Å². The Morgan fingerprint density at radius 1 is 1.59 bits per heavy atom. The topological polar surface area (TPSA) is 62.7 Å². The molecule has 0 aromatic carbocycles. The van der Waals surface area contributed by atoms with Crippen molar-refractivity contribution < 1.29 is 4.79 Å². The minimum absolute atomic E-state index is 0.171. The van der Waals surface area contributed by atoms with E-state index in [9.17, 15) is 4.79 Å². The van der Waals surface area contributed by atoms with Crippen LogP contribution in [0.25, 0.3) is 0 Å². The third-order valence-corrected chi connectivity index (χ3v) is 2.56. The largest absolute Gasteiger partial charge is 0.339 e. The zero-order chi connectivity index (χ0) is 12.4. The van der Waals surface area contributed by atoms with E-state index in [2.05, 4.69) is 15.5 Å². The second-order valence-electron chi connectivity index (χ2n) is 3.97. The van der Waals surface area contributed by atoms with Gasteiger partial charge in [0.2, 0.25) is 0 Å². The zero-order valence-electron chi connectivity index (χ0n) is 9.57. The Bertz CT molecular complexity index is 516. The third-order valence-electron chi connectivity index (χ3n) is 2.35. The molecule has 1 amide bonds. The van der Waals surface area contributed by atoms with Gasteiger partial charge in [-0.1, -0.05) is 11.6 Å². The van der Waals surface area contributed by atoms with Gasteiger partial charge < -0.3 is 9.88 Å². The average molecular weight is 253 g/mol. The van der Waals surface area contributed by atoms with Crippen molar-refractivity contribution in [2.24, 2.45) is 0 Å². The maximum atomic E-state index is 12.0. The van der Waals surface area contributed by atoms with E-state index >= 15 is 0 Å². The fourth-order valence-corrected chi connectivity index (χ4v) is 1.78. The summed E-state index contributed by atoms with van der Waals surface area (Å²) < 4.78 is 1.83. The summed E-state index contributed by atoms with van der Waals surface area (Å²) in [6, 6.07) is 3.50. The van der Waals surface area contributed by atoms with Crippen LogP contribution in [0.2, 0.25) is 5.02 Å². The number of amides is 1. The Hall–Kier alpha value is -1.75. The fourth-order valence-electron chi connectivity index (χ4n) is 1.57. The molecule has 0 fully saturated rings. The van der Waals surface area contributed by atoms with Crippen LogP contribution in [0.3, 0.4) is 0 Å². The summed E-state index contributed by atoms with van der Waals surface area (Å²) in [5.41, 5.74) is 0.527. The normalized spacial score (nSPS) is 10.8. The molecule has 0 radical (unpaired) electrons. The van der Waals surface area contributed by atoms with Crippen LogP contribution in [-0.2, 0) is 0 Å². The van der Waals surface area contributed by atoms with Crippen molar-refractivity contribution in [1.82, 2.24) is 14.8 Å². The van der Waals surface area contributed by atoms with E-state index in [1.54, 1.807) is 24.5 Å². The molecule has 0 unspecified atom stereocenters. The van der Waals surface area contributed by atoms with Gasteiger partial charge in [0, 0.05) is 18.3 Å². The molecule has 2 heterocycles. The molecule has 2 N–H and O–H groups in total. The number of carbonyl (C=O) groups is 1. The highest BCUT2D eigenvalue weighted by Crippen LogP contribution is 2.19. The number of H-pyrrole nitrogens is 1. The molecular weight excluding hydrogens is 240 g/mol. The van der Waals surface area contributed by atoms with Crippen LogP contribution in [-0.4, -0.2) is 20.7 Å². The molecule has 0 saturated heterocycles. The molecule has 0 bridgehead atoms. The van der Waals surface area contributed by atoms with Gasteiger partial charge in [0.05, 0.1) is 11.2 Å². The number of carbonyl (C=O) groups excluding carboxylic acids is 1. The zero-order valence-corrected chi connectivity index (χ0v) is 10.3. The van der Waals surface area contributed by atoms with Crippen molar-refractivity contribution in [2.45, 2.75) is 19.9 Å². The highest BCUT2D eigenvalue weighted by molar-refractivity contribution is 6.31. The van der Waals surface area contributed by atoms with Crippen LogP contribution in [0.15, 0.2) is 24.5 Å². The molecule has 2 aromatic rings. The van der Waals surface area contributed by atoms with Crippen molar-refractivity contribution >= 4 is 23.3 Å². The molecule has 5 nitrogen and oxygen atoms in total. The number of aromatic nitrogens is 3. The van der Waals surface area contributed by atoms with E-state index in [1.165, 1.54) is 0 Å². The van der Waals surface area contributed by atoms with Gasteiger partial charge in [-0.3, -0.25) is 9.89 Å². The molecule has 90 valence electrons. The molecule has 0 aliphatic carbocycles. The second-order valence-corrected chi connectivity index (χ2v) is 4.41. The fraction of sp³-hybridized carbons (Fsp3) is 0.273. The molecule has 0 saturated carbocycles. The standard InChI is InChI=1S/C11H13ClN4O/c1-7(2)16-6-8(12)5-9(16)11(17)14-10-3-4-13-15-10/h3-7H,1-2H3,(H2,13,14,15,17). The molecule has 0 aliphatic rings. The number of nitrogens with zero attached hydrogens (tertiary/aromatic N) is 2. The van der Waals surface area contributed by atoms with Crippen LogP contribution >= 0.6 is 11.6 Å². The van der Waals surface area contributed by atoms with Gasteiger partial charge in [-0.25, -0.2) is 0 Å². The lowest BCUT2D eigenvalue weighted by atomic mass is 10.3. The van der Waals surface area contributed by atoms with Crippen LogP contribution in [0.5, 0.6) is 0 Å². The summed E-state index contributed by atoms with van der Waals surface area (Å²) in [6.07, 6.45) is 3.32. The number of hydrogen-bond acceptors (Lipinski definition) is 2. The Morgan fingerprint density at radius 2 is 2.35 bits per heavy atom. The van der Waals surface area contributed by atoms with E-state index in [0.717, 1.165) is 0 Å². The lowest BCUT2D eigenvalue weighted by molar-refractivity contribution is 0.101. The number of rotatable bonds is 3. The maximum Gasteiger partial charge on any atom is 0.273 e. The SMILES string of the molecule is CC(C)n1cc(Cl)cc1C(=O)Nc1ccn[nH]1. The first kappa shape index (κ1) is 11.7. The molecule has 2 rings (SSSR count). The van der Waals surface area contributed by atoms with Gasteiger partial charge in [0.25, 0.3) is 5.91 Å². The summed E-state index contributed by atoms with van der Waals surface area (Å²) in [7, 11) is 0. The Morgan fingerprint density at radius 3 is 2.94 bits per heavy atom.